The third-order valence-electron chi connectivity index (χ3n) is 4.10. The maximum Gasteiger partial charge on any atom is 0.417 e. The van der Waals surface area contributed by atoms with E-state index in [1.165, 1.54) is 0 Å². The van der Waals surface area contributed by atoms with Crippen LogP contribution in [0.3, 0.4) is 0 Å². The van der Waals surface area contributed by atoms with Gasteiger partial charge >= 0.3 is 5.76 Å². The fourth-order valence-corrected chi connectivity index (χ4v) is 2.73. The van der Waals surface area contributed by atoms with Gasteiger partial charge in [0.25, 0.3) is 0 Å². The third kappa shape index (κ3) is 3.20. The monoisotopic (exact) mass is 305 g/mol. The SMILES string of the molecule is O=CN1CCN(CCC(O)c2ccc3[nH]c(=O)oc3c2)CC1. The summed E-state index contributed by atoms with van der Waals surface area (Å²) in [6.07, 6.45) is 0.876. The molecule has 1 aromatic heterocycles. The summed E-state index contributed by atoms with van der Waals surface area (Å²) in [6.45, 7) is 3.90. The van der Waals surface area contributed by atoms with E-state index in [2.05, 4.69) is 9.88 Å². The molecule has 7 nitrogen and oxygen atoms in total. The fourth-order valence-electron chi connectivity index (χ4n) is 2.73. The summed E-state index contributed by atoms with van der Waals surface area (Å²) >= 11 is 0. The molecule has 1 unspecified atom stereocenters. The minimum atomic E-state index is -0.603. The van der Waals surface area contributed by atoms with E-state index in [1.54, 1.807) is 23.1 Å². The molecule has 0 spiro atoms. The molecule has 0 bridgehead atoms. The van der Waals surface area contributed by atoms with Crippen molar-refractivity contribution in [2.45, 2.75) is 12.5 Å². The fraction of sp³-hybridized carbons (Fsp3) is 0.467. The highest BCUT2D eigenvalue weighted by atomic mass is 16.4. The second-order valence-electron chi connectivity index (χ2n) is 5.56. The van der Waals surface area contributed by atoms with E-state index < -0.39 is 11.9 Å². The molecule has 0 saturated carbocycles. The number of nitrogens with zero attached hydrogens (tertiary/aromatic N) is 2. The second-order valence-corrected chi connectivity index (χ2v) is 5.56. The number of aliphatic hydroxyl groups is 1. The number of hydrogen-bond donors (Lipinski definition) is 2. The Hall–Kier alpha value is -2.12. The van der Waals surface area contributed by atoms with Crippen molar-refractivity contribution in [3.63, 3.8) is 0 Å². The lowest BCUT2D eigenvalue weighted by atomic mass is 10.1. The average Bonchev–Trinajstić information content (AvgIpc) is 2.92. The molecule has 2 N–H and O–H groups in total. The molecule has 1 aliphatic heterocycles. The highest BCUT2D eigenvalue weighted by molar-refractivity contribution is 5.72. The molecular formula is C15H19N3O4. The summed E-state index contributed by atoms with van der Waals surface area (Å²) < 4.78 is 5.01. The number of piperazine rings is 1. The van der Waals surface area contributed by atoms with Gasteiger partial charge in [0.05, 0.1) is 11.6 Å². The first-order chi connectivity index (χ1) is 10.7. The van der Waals surface area contributed by atoms with Gasteiger partial charge in [-0.05, 0) is 24.1 Å². The van der Waals surface area contributed by atoms with Crippen LogP contribution in [0, 0.1) is 0 Å². The Bertz CT molecular complexity index is 700. The lowest BCUT2D eigenvalue weighted by Gasteiger charge is -2.32. The highest BCUT2D eigenvalue weighted by Crippen LogP contribution is 2.21. The number of nitrogens with one attached hydrogen (secondary N) is 1. The highest BCUT2D eigenvalue weighted by Gasteiger charge is 2.17. The Balaban J connectivity index is 1.57. The maximum atomic E-state index is 11.1. The Morgan fingerprint density at radius 2 is 2.09 bits per heavy atom. The van der Waals surface area contributed by atoms with Gasteiger partial charge in [-0.3, -0.25) is 14.7 Å². The second kappa shape index (κ2) is 6.33. The van der Waals surface area contributed by atoms with Crippen molar-refractivity contribution in [2.24, 2.45) is 0 Å². The first-order valence-corrected chi connectivity index (χ1v) is 7.38. The van der Waals surface area contributed by atoms with Gasteiger partial charge in [-0.15, -0.1) is 0 Å². The molecule has 1 fully saturated rings. The number of hydrogen-bond acceptors (Lipinski definition) is 5. The Morgan fingerprint density at radius 3 is 2.82 bits per heavy atom. The van der Waals surface area contributed by atoms with E-state index in [0.717, 1.165) is 44.7 Å². The number of fused-ring (bicyclic) bond motifs is 1. The van der Waals surface area contributed by atoms with E-state index >= 15 is 0 Å². The minimum Gasteiger partial charge on any atom is -0.408 e. The summed E-state index contributed by atoms with van der Waals surface area (Å²) in [6, 6.07) is 5.23. The van der Waals surface area contributed by atoms with Gasteiger partial charge in [-0.1, -0.05) is 6.07 Å². The predicted molar refractivity (Wildman–Crippen MR) is 80.5 cm³/mol. The van der Waals surface area contributed by atoms with Gasteiger partial charge in [-0.2, -0.15) is 0 Å². The average molecular weight is 305 g/mol. The van der Waals surface area contributed by atoms with E-state index in [1.807, 2.05) is 0 Å². The summed E-state index contributed by atoms with van der Waals surface area (Å²) in [4.78, 5) is 28.4. The number of carbonyl (C=O) groups is 1. The van der Waals surface area contributed by atoms with Gasteiger partial charge in [0.1, 0.15) is 0 Å². The molecule has 118 valence electrons. The summed E-state index contributed by atoms with van der Waals surface area (Å²) in [5, 5.41) is 10.3. The number of amides is 1. The van der Waals surface area contributed by atoms with Crippen LogP contribution in [-0.2, 0) is 4.79 Å². The van der Waals surface area contributed by atoms with E-state index in [4.69, 9.17) is 4.42 Å². The molecule has 1 amide bonds. The van der Waals surface area contributed by atoms with Crippen molar-refractivity contribution in [1.82, 2.24) is 14.8 Å². The zero-order valence-electron chi connectivity index (χ0n) is 12.2. The molecule has 1 aliphatic rings. The van der Waals surface area contributed by atoms with Gasteiger partial charge in [0, 0.05) is 32.7 Å². The standard InChI is InChI=1S/C15H19N3O4/c19-10-18-7-5-17(6-8-18)4-3-13(20)11-1-2-12-14(9-11)22-15(21)16-12/h1-2,9-10,13,20H,3-8H2,(H,16,21). The molecule has 2 heterocycles. The largest absolute Gasteiger partial charge is 0.417 e. The summed E-state index contributed by atoms with van der Waals surface area (Å²) in [5.41, 5.74) is 1.83. The zero-order chi connectivity index (χ0) is 15.5. The number of aromatic amines is 1. The van der Waals surface area contributed by atoms with Gasteiger partial charge in [0.2, 0.25) is 6.41 Å². The van der Waals surface area contributed by atoms with E-state index in [-0.39, 0.29) is 0 Å². The Labute approximate surface area is 127 Å². The number of aromatic nitrogens is 1. The van der Waals surface area contributed by atoms with Crippen LogP contribution in [0.1, 0.15) is 18.1 Å². The molecule has 2 aromatic rings. The van der Waals surface area contributed by atoms with Crippen molar-refractivity contribution < 1.29 is 14.3 Å². The van der Waals surface area contributed by atoms with Crippen LogP contribution in [0.4, 0.5) is 0 Å². The number of benzene rings is 1. The van der Waals surface area contributed by atoms with Crippen LogP contribution >= 0.6 is 0 Å². The molecule has 1 atom stereocenters. The minimum absolute atomic E-state index is 0.459. The topological polar surface area (TPSA) is 89.8 Å². The molecule has 1 aromatic carbocycles. The summed E-state index contributed by atoms with van der Waals surface area (Å²) in [5.74, 6) is -0.491. The molecule has 1 saturated heterocycles. The quantitative estimate of drug-likeness (QED) is 0.776. The van der Waals surface area contributed by atoms with Crippen LogP contribution in [0.15, 0.2) is 27.4 Å². The Kier molecular flexibility index (Phi) is 4.26. The first-order valence-electron chi connectivity index (χ1n) is 7.38. The van der Waals surface area contributed by atoms with Crippen LogP contribution in [0.25, 0.3) is 11.1 Å². The normalized spacial score (nSPS) is 17.8. The Morgan fingerprint density at radius 1 is 1.32 bits per heavy atom. The van der Waals surface area contributed by atoms with Crippen molar-refractivity contribution in [3.05, 3.63) is 34.3 Å². The van der Waals surface area contributed by atoms with Crippen molar-refractivity contribution in [3.8, 4) is 0 Å². The maximum absolute atomic E-state index is 11.1. The van der Waals surface area contributed by atoms with Crippen molar-refractivity contribution in [1.29, 1.82) is 0 Å². The van der Waals surface area contributed by atoms with Gasteiger partial charge in [-0.25, -0.2) is 4.79 Å². The van der Waals surface area contributed by atoms with Crippen LogP contribution in [-0.4, -0.2) is 59.0 Å². The molecule has 7 heteroatoms. The number of carbonyl (C=O) groups excluding carboxylic acids is 1. The molecular weight excluding hydrogens is 286 g/mol. The van der Waals surface area contributed by atoms with Gasteiger partial charge < -0.3 is 14.4 Å². The number of oxazole rings is 1. The zero-order valence-corrected chi connectivity index (χ0v) is 12.2. The smallest absolute Gasteiger partial charge is 0.408 e. The lowest BCUT2D eigenvalue weighted by Crippen LogP contribution is -2.46. The van der Waals surface area contributed by atoms with Crippen molar-refractivity contribution >= 4 is 17.5 Å². The van der Waals surface area contributed by atoms with Crippen molar-refractivity contribution in [2.75, 3.05) is 32.7 Å². The third-order valence-corrected chi connectivity index (χ3v) is 4.10. The molecule has 0 radical (unpaired) electrons. The van der Waals surface area contributed by atoms with E-state index in [0.29, 0.717) is 17.5 Å². The number of rotatable bonds is 5. The van der Waals surface area contributed by atoms with Crippen LogP contribution in [0.5, 0.6) is 0 Å². The molecule has 3 rings (SSSR count). The predicted octanol–water partition coefficient (Wildman–Crippen LogP) is 0.319. The molecule has 0 aliphatic carbocycles. The lowest BCUT2D eigenvalue weighted by molar-refractivity contribution is -0.119. The van der Waals surface area contributed by atoms with Gasteiger partial charge in [0.15, 0.2) is 5.58 Å². The number of aliphatic hydroxyl groups excluding tert-OH is 1. The number of H-pyrrole nitrogens is 1. The first kappa shape index (κ1) is 14.8. The van der Waals surface area contributed by atoms with E-state index in [9.17, 15) is 14.7 Å². The van der Waals surface area contributed by atoms with Crippen LogP contribution in [0.2, 0.25) is 0 Å². The summed E-state index contributed by atoms with van der Waals surface area (Å²) in [7, 11) is 0. The van der Waals surface area contributed by atoms with Crippen LogP contribution < -0.4 is 5.76 Å². The molecule has 22 heavy (non-hydrogen) atoms.